The van der Waals surface area contributed by atoms with Crippen LogP contribution >= 0.6 is 0 Å². The first-order valence-corrected chi connectivity index (χ1v) is 15.0. The molecule has 2 amide bonds. The molecule has 0 aliphatic rings. The quantitative estimate of drug-likeness (QED) is 0.0619. The Balaban J connectivity index is 2.10. The Hall–Kier alpha value is -4.11. The van der Waals surface area contributed by atoms with E-state index in [2.05, 4.69) is 78.3 Å². The summed E-state index contributed by atoms with van der Waals surface area (Å²) in [5.74, 6) is -2.00. The summed E-state index contributed by atoms with van der Waals surface area (Å²) >= 11 is 0. The van der Waals surface area contributed by atoms with Crippen molar-refractivity contribution in [1.29, 1.82) is 0 Å². The van der Waals surface area contributed by atoms with Crippen molar-refractivity contribution in [3.05, 3.63) is 84.5 Å². The van der Waals surface area contributed by atoms with E-state index in [-0.39, 0.29) is 30.3 Å². The van der Waals surface area contributed by atoms with Crippen LogP contribution in [0.1, 0.15) is 82.0 Å². The smallest absolute Gasteiger partial charge is 0.411 e. The van der Waals surface area contributed by atoms with Crippen LogP contribution in [0, 0.1) is 0 Å². The van der Waals surface area contributed by atoms with E-state index in [0.29, 0.717) is 13.0 Å². The molecule has 236 valence electrons. The van der Waals surface area contributed by atoms with E-state index in [9.17, 15) is 19.5 Å². The van der Waals surface area contributed by atoms with E-state index < -0.39 is 23.9 Å². The average molecular weight is 597 g/mol. The SMILES string of the molecule is CCC=CCC=CCC=CCC=CCC=CCCCCO[C@@H](CC)C(=O)NCCOC(=O)Nc1ccc(O)c(C(=O)O)c1. The van der Waals surface area contributed by atoms with Crippen molar-refractivity contribution in [2.75, 3.05) is 25.1 Å². The molecule has 0 unspecified atom stereocenters. The lowest BCUT2D eigenvalue weighted by Gasteiger charge is -2.16. The minimum atomic E-state index is -1.32. The summed E-state index contributed by atoms with van der Waals surface area (Å²) in [6, 6.07) is 3.62. The largest absolute Gasteiger partial charge is 0.507 e. The maximum absolute atomic E-state index is 12.4. The van der Waals surface area contributed by atoms with Gasteiger partial charge in [-0.2, -0.15) is 0 Å². The minimum Gasteiger partial charge on any atom is -0.507 e. The average Bonchev–Trinajstić information content (AvgIpc) is 2.99. The molecule has 0 heterocycles. The fourth-order valence-corrected chi connectivity index (χ4v) is 3.71. The predicted molar refractivity (Wildman–Crippen MR) is 171 cm³/mol. The number of carbonyl (C=O) groups excluding carboxylic acids is 2. The van der Waals surface area contributed by atoms with Crippen LogP contribution in [0.2, 0.25) is 0 Å². The molecule has 1 rings (SSSR count). The topological polar surface area (TPSA) is 134 Å². The number of carboxylic acid groups (broad SMARTS) is 1. The zero-order valence-electron chi connectivity index (χ0n) is 25.5. The van der Waals surface area contributed by atoms with Crippen molar-refractivity contribution in [2.24, 2.45) is 0 Å². The van der Waals surface area contributed by atoms with E-state index >= 15 is 0 Å². The summed E-state index contributed by atoms with van der Waals surface area (Å²) in [4.78, 5) is 35.4. The lowest BCUT2D eigenvalue weighted by Crippen LogP contribution is -2.38. The molecule has 4 N–H and O–H groups in total. The molecule has 0 aliphatic carbocycles. The van der Waals surface area contributed by atoms with Gasteiger partial charge in [-0.05, 0) is 76.0 Å². The van der Waals surface area contributed by atoms with Gasteiger partial charge in [0.1, 0.15) is 24.0 Å². The highest BCUT2D eigenvalue weighted by Crippen LogP contribution is 2.21. The molecule has 0 fully saturated rings. The second-order valence-electron chi connectivity index (χ2n) is 9.56. The van der Waals surface area contributed by atoms with Crippen LogP contribution in [0.25, 0.3) is 0 Å². The van der Waals surface area contributed by atoms with E-state index in [4.69, 9.17) is 14.6 Å². The fraction of sp³-hybridized carbons (Fsp3) is 0.441. The number of benzene rings is 1. The van der Waals surface area contributed by atoms with E-state index in [0.717, 1.165) is 63.5 Å². The normalized spacial score (nSPS) is 12.6. The number of allylic oxidation sites excluding steroid dienone is 10. The summed E-state index contributed by atoms with van der Waals surface area (Å²) in [5.41, 5.74) is -0.185. The van der Waals surface area contributed by atoms with Gasteiger partial charge in [0, 0.05) is 12.3 Å². The lowest BCUT2D eigenvalue weighted by molar-refractivity contribution is -0.133. The van der Waals surface area contributed by atoms with Crippen LogP contribution in [-0.4, -0.2) is 54.0 Å². The number of aromatic carboxylic acids is 1. The van der Waals surface area contributed by atoms with E-state index in [1.807, 2.05) is 6.92 Å². The highest BCUT2D eigenvalue weighted by atomic mass is 16.5. The highest BCUT2D eigenvalue weighted by Gasteiger charge is 2.16. The summed E-state index contributed by atoms with van der Waals surface area (Å²) in [7, 11) is 0. The van der Waals surface area contributed by atoms with Crippen molar-refractivity contribution in [2.45, 2.75) is 77.7 Å². The van der Waals surface area contributed by atoms with Gasteiger partial charge in [0.05, 0.1) is 6.54 Å². The van der Waals surface area contributed by atoms with Crippen molar-refractivity contribution in [3.8, 4) is 5.75 Å². The van der Waals surface area contributed by atoms with Gasteiger partial charge in [-0.25, -0.2) is 9.59 Å². The van der Waals surface area contributed by atoms with Crippen LogP contribution < -0.4 is 10.6 Å². The standard InChI is InChI=1S/C34H48N2O7/c1-3-5-6-7-8-9-10-11-12-13-14-15-16-17-18-19-20-21-25-42-31(4-2)32(38)35-24-26-43-34(41)36-28-22-23-30(37)29(27-28)33(39)40/h5-6,8-9,11-12,14-15,17-18,22-23,27,31,37H,3-4,7,10,13,16,19-21,24-26H2,1-2H3,(H,35,38)(H,36,41)(H,39,40)/t31-/m0/s1. The lowest BCUT2D eigenvalue weighted by atomic mass is 10.2. The van der Waals surface area contributed by atoms with E-state index in [1.54, 1.807) is 0 Å². The Bertz CT molecular complexity index is 1110. The number of anilines is 1. The van der Waals surface area contributed by atoms with Gasteiger partial charge in [0.2, 0.25) is 5.91 Å². The van der Waals surface area contributed by atoms with Crippen LogP contribution in [-0.2, 0) is 14.3 Å². The first-order valence-electron chi connectivity index (χ1n) is 15.0. The molecule has 1 aromatic carbocycles. The number of hydrogen-bond acceptors (Lipinski definition) is 6. The number of hydrogen-bond donors (Lipinski definition) is 4. The monoisotopic (exact) mass is 596 g/mol. The van der Waals surface area contributed by atoms with Crippen molar-refractivity contribution in [1.82, 2.24) is 5.32 Å². The number of amides is 2. The number of ether oxygens (including phenoxy) is 2. The van der Waals surface area contributed by atoms with Gasteiger partial charge in [-0.15, -0.1) is 0 Å². The van der Waals surface area contributed by atoms with Crippen LogP contribution in [0.4, 0.5) is 10.5 Å². The van der Waals surface area contributed by atoms with Gasteiger partial charge in [0.15, 0.2) is 0 Å². The molecule has 1 aromatic rings. The van der Waals surface area contributed by atoms with Gasteiger partial charge in [-0.3, -0.25) is 10.1 Å². The Morgan fingerprint density at radius 1 is 0.837 bits per heavy atom. The molecule has 1 atom stereocenters. The third-order valence-corrected chi connectivity index (χ3v) is 6.01. The minimum absolute atomic E-state index is 0.0782. The van der Waals surface area contributed by atoms with Gasteiger partial charge < -0.3 is 25.0 Å². The second-order valence-corrected chi connectivity index (χ2v) is 9.56. The second kappa shape index (κ2) is 24.5. The maximum Gasteiger partial charge on any atom is 0.411 e. The Morgan fingerprint density at radius 2 is 1.44 bits per heavy atom. The van der Waals surface area contributed by atoms with Crippen molar-refractivity contribution in [3.63, 3.8) is 0 Å². The maximum atomic E-state index is 12.4. The number of rotatable bonds is 22. The highest BCUT2D eigenvalue weighted by molar-refractivity contribution is 5.94. The summed E-state index contributed by atoms with van der Waals surface area (Å²) < 4.78 is 10.7. The molecule has 0 saturated carbocycles. The number of carboxylic acids is 1. The number of unbranched alkanes of at least 4 members (excludes halogenated alkanes) is 2. The third-order valence-electron chi connectivity index (χ3n) is 6.01. The predicted octanol–water partition coefficient (Wildman–Crippen LogP) is 7.47. The first-order chi connectivity index (χ1) is 20.9. The fourth-order valence-electron chi connectivity index (χ4n) is 3.71. The van der Waals surface area contributed by atoms with Gasteiger partial charge in [-0.1, -0.05) is 74.6 Å². The number of carbonyl (C=O) groups is 3. The van der Waals surface area contributed by atoms with Gasteiger partial charge >= 0.3 is 12.1 Å². The molecule has 0 radical (unpaired) electrons. The molecule has 0 saturated heterocycles. The zero-order chi connectivity index (χ0) is 31.5. The molecule has 0 bridgehead atoms. The Kier molecular flexibility index (Phi) is 21.0. The Morgan fingerprint density at radius 3 is 2.02 bits per heavy atom. The molecular formula is C34H48N2O7. The number of phenols is 1. The van der Waals surface area contributed by atoms with Crippen molar-refractivity contribution < 1.29 is 34.1 Å². The summed E-state index contributed by atoms with van der Waals surface area (Å²) in [6.45, 7) is 4.52. The molecule has 0 spiro atoms. The van der Waals surface area contributed by atoms with Crippen LogP contribution in [0.5, 0.6) is 5.75 Å². The molecule has 43 heavy (non-hydrogen) atoms. The van der Waals surface area contributed by atoms with Crippen molar-refractivity contribution >= 4 is 23.7 Å². The molecule has 0 aromatic heterocycles. The summed E-state index contributed by atoms with van der Waals surface area (Å²) in [5, 5.41) is 23.6. The van der Waals surface area contributed by atoms with Crippen LogP contribution in [0.15, 0.2) is 79.0 Å². The molecule has 0 aliphatic heterocycles. The molecule has 9 nitrogen and oxygen atoms in total. The first kappa shape index (κ1) is 36.9. The zero-order valence-corrected chi connectivity index (χ0v) is 25.5. The van der Waals surface area contributed by atoms with Crippen LogP contribution in [0.3, 0.4) is 0 Å². The third kappa shape index (κ3) is 18.8. The molecular weight excluding hydrogens is 548 g/mol. The van der Waals surface area contributed by atoms with Gasteiger partial charge in [0.25, 0.3) is 0 Å². The van der Waals surface area contributed by atoms with E-state index in [1.165, 1.54) is 6.07 Å². The summed E-state index contributed by atoms with van der Waals surface area (Å²) in [6.07, 6.45) is 28.7. The Labute approximate surface area is 256 Å². The number of nitrogens with one attached hydrogen (secondary N) is 2. The molecule has 9 heteroatoms. The number of aromatic hydroxyl groups is 1.